The van der Waals surface area contributed by atoms with E-state index in [1.807, 2.05) is 6.07 Å². The van der Waals surface area contributed by atoms with Crippen molar-refractivity contribution in [2.75, 3.05) is 20.0 Å². The molecule has 3 rings (SSSR count). The molecular formula is C14H19NO3. The third-order valence-corrected chi connectivity index (χ3v) is 3.60. The van der Waals surface area contributed by atoms with Crippen LogP contribution in [0.5, 0.6) is 11.5 Å². The Morgan fingerprint density at radius 1 is 1.17 bits per heavy atom. The van der Waals surface area contributed by atoms with E-state index in [1.54, 1.807) is 0 Å². The van der Waals surface area contributed by atoms with Crippen molar-refractivity contribution in [3.8, 4) is 11.5 Å². The van der Waals surface area contributed by atoms with E-state index in [4.69, 9.17) is 14.2 Å². The molecule has 0 bridgehead atoms. The van der Waals surface area contributed by atoms with Gasteiger partial charge in [-0.05, 0) is 37.5 Å². The second-order valence-corrected chi connectivity index (χ2v) is 4.89. The summed E-state index contributed by atoms with van der Waals surface area (Å²) < 4.78 is 16.1. The van der Waals surface area contributed by atoms with Crippen molar-refractivity contribution in [3.05, 3.63) is 23.8 Å². The molecular weight excluding hydrogens is 230 g/mol. The highest BCUT2D eigenvalue weighted by molar-refractivity contribution is 5.45. The number of hydrogen-bond donors (Lipinski definition) is 1. The Morgan fingerprint density at radius 2 is 1.94 bits per heavy atom. The van der Waals surface area contributed by atoms with Crippen LogP contribution in [0.3, 0.4) is 0 Å². The predicted octanol–water partition coefficient (Wildman–Crippen LogP) is 2.24. The number of hydrogen-bond acceptors (Lipinski definition) is 4. The summed E-state index contributed by atoms with van der Waals surface area (Å²) in [6, 6.07) is 7.03. The number of benzene rings is 1. The summed E-state index contributed by atoms with van der Waals surface area (Å²) in [4.78, 5) is 0. The minimum Gasteiger partial charge on any atom is -0.454 e. The fourth-order valence-corrected chi connectivity index (χ4v) is 2.50. The summed E-state index contributed by atoms with van der Waals surface area (Å²) in [6.07, 6.45) is 2.18. The van der Waals surface area contributed by atoms with Gasteiger partial charge in [-0.15, -0.1) is 0 Å². The molecule has 1 atom stereocenters. The van der Waals surface area contributed by atoms with E-state index >= 15 is 0 Å². The van der Waals surface area contributed by atoms with Gasteiger partial charge in [-0.2, -0.15) is 0 Å². The molecule has 0 spiro atoms. The van der Waals surface area contributed by atoms with Crippen LogP contribution in [0.15, 0.2) is 18.2 Å². The smallest absolute Gasteiger partial charge is 0.231 e. The predicted molar refractivity (Wildman–Crippen MR) is 68.0 cm³/mol. The molecule has 18 heavy (non-hydrogen) atoms. The van der Waals surface area contributed by atoms with Crippen molar-refractivity contribution in [3.63, 3.8) is 0 Å². The molecule has 4 heteroatoms. The van der Waals surface area contributed by atoms with E-state index < -0.39 is 0 Å². The van der Waals surface area contributed by atoms with E-state index in [1.165, 1.54) is 5.56 Å². The molecule has 0 aliphatic carbocycles. The fourth-order valence-electron chi connectivity index (χ4n) is 2.50. The molecule has 1 fully saturated rings. The lowest BCUT2D eigenvalue weighted by atomic mass is 10.0. The highest BCUT2D eigenvalue weighted by Gasteiger charge is 2.19. The summed E-state index contributed by atoms with van der Waals surface area (Å²) >= 11 is 0. The summed E-state index contributed by atoms with van der Waals surface area (Å²) in [5, 5.41) is 3.65. The molecule has 0 radical (unpaired) electrons. The Morgan fingerprint density at radius 3 is 2.78 bits per heavy atom. The Bertz CT molecular complexity index is 416. The quantitative estimate of drug-likeness (QED) is 0.892. The van der Waals surface area contributed by atoms with Gasteiger partial charge in [0.15, 0.2) is 11.5 Å². The normalized spacial score (nSPS) is 20.9. The molecule has 2 aliphatic rings. The van der Waals surface area contributed by atoms with E-state index in [2.05, 4.69) is 24.4 Å². The van der Waals surface area contributed by atoms with Crippen LogP contribution in [-0.2, 0) is 4.74 Å². The molecule has 2 heterocycles. The van der Waals surface area contributed by atoms with Gasteiger partial charge >= 0.3 is 0 Å². The number of rotatable bonds is 3. The van der Waals surface area contributed by atoms with Crippen molar-refractivity contribution < 1.29 is 14.2 Å². The minimum absolute atomic E-state index is 0.322. The molecule has 0 aromatic heterocycles. The molecule has 1 saturated heterocycles. The number of fused-ring (bicyclic) bond motifs is 1. The maximum Gasteiger partial charge on any atom is 0.231 e. The Labute approximate surface area is 107 Å². The van der Waals surface area contributed by atoms with Crippen molar-refractivity contribution in [2.24, 2.45) is 0 Å². The van der Waals surface area contributed by atoms with Crippen LogP contribution in [0, 0.1) is 0 Å². The Balaban J connectivity index is 1.66. The molecule has 1 aromatic rings. The second-order valence-electron chi connectivity index (χ2n) is 4.89. The first-order valence-electron chi connectivity index (χ1n) is 6.56. The highest BCUT2D eigenvalue weighted by atomic mass is 16.7. The van der Waals surface area contributed by atoms with Gasteiger partial charge in [0.2, 0.25) is 6.79 Å². The largest absolute Gasteiger partial charge is 0.454 e. The molecule has 0 amide bonds. The summed E-state index contributed by atoms with van der Waals surface area (Å²) in [7, 11) is 0. The molecule has 1 N–H and O–H groups in total. The van der Waals surface area contributed by atoms with Gasteiger partial charge in [0.25, 0.3) is 0 Å². The van der Waals surface area contributed by atoms with Gasteiger partial charge in [0.05, 0.1) is 0 Å². The third-order valence-electron chi connectivity index (χ3n) is 3.60. The minimum atomic E-state index is 0.322. The first-order valence-corrected chi connectivity index (χ1v) is 6.56. The average Bonchev–Trinajstić information content (AvgIpc) is 2.87. The topological polar surface area (TPSA) is 39.7 Å². The van der Waals surface area contributed by atoms with Crippen LogP contribution in [-0.4, -0.2) is 26.0 Å². The van der Waals surface area contributed by atoms with Gasteiger partial charge in [-0.3, -0.25) is 0 Å². The maximum absolute atomic E-state index is 5.41. The Kier molecular flexibility index (Phi) is 3.39. The zero-order valence-corrected chi connectivity index (χ0v) is 10.6. The lowest BCUT2D eigenvalue weighted by Gasteiger charge is -2.27. The first-order chi connectivity index (χ1) is 8.83. The standard InChI is InChI=1S/C14H19NO3/c1-10(15-12-4-6-16-7-5-12)11-2-3-13-14(8-11)18-9-17-13/h2-3,8,10,12,15H,4-7,9H2,1H3. The van der Waals surface area contributed by atoms with E-state index in [9.17, 15) is 0 Å². The zero-order chi connectivity index (χ0) is 12.4. The molecule has 0 saturated carbocycles. The number of nitrogens with one attached hydrogen (secondary N) is 1. The summed E-state index contributed by atoms with van der Waals surface area (Å²) in [6.45, 7) is 4.25. The van der Waals surface area contributed by atoms with E-state index in [-0.39, 0.29) is 0 Å². The summed E-state index contributed by atoms with van der Waals surface area (Å²) in [5.74, 6) is 1.70. The van der Waals surface area contributed by atoms with Gasteiger partial charge in [0, 0.05) is 25.3 Å². The average molecular weight is 249 g/mol. The number of ether oxygens (including phenoxy) is 3. The SMILES string of the molecule is CC(NC1CCOCC1)c1ccc2c(c1)OCO2. The Hall–Kier alpha value is -1.26. The lowest BCUT2D eigenvalue weighted by molar-refractivity contribution is 0.0754. The van der Waals surface area contributed by atoms with Crippen molar-refractivity contribution in [1.29, 1.82) is 0 Å². The first kappa shape index (κ1) is 11.8. The van der Waals surface area contributed by atoms with E-state index in [0.29, 0.717) is 18.9 Å². The van der Waals surface area contributed by atoms with Crippen LogP contribution < -0.4 is 14.8 Å². The molecule has 4 nitrogen and oxygen atoms in total. The monoisotopic (exact) mass is 249 g/mol. The fraction of sp³-hybridized carbons (Fsp3) is 0.571. The third kappa shape index (κ3) is 2.44. The zero-order valence-electron chi connectivity index (χ0n) is 10.6. The van der Waals surface area contributed by atoms with Crippen LogP contribution in [0.4, 0.5) is 0 Å². The van der Waals surface area contributed by atoms with E-state index in [0.717, 1.165) is 37.6 Å². The van der Waals surface area contributed by atoms with Gasteiger partial charge in [-0.1, -0.05) is 6.07 Å². The van der Waals surface area contributed by atoms with Crippen molar-refractivity contribution in [2.45, 2.75) is 31.8 Å². The highest BCUT2D eigenvalue weighted by Crippen LogP contribution is 2.34. The van der Waals surface area contributed by atoms with Crippen LogP contribution in [0.2, 0.25) is 0 Å². The second kappa shape index (κ2) is 5.16. The molecule has 1 aromatic carbocycles. The molecule has 2 aliphatic heterocycles. The summed E-state index contributed by atoms with van der Waals surface area (Å²) in [5.41, 5.74) is 1.24. The van der Waals surface area contributed by atoms with Gasteiger partial charge in [-0.25, -0.2) is 0 Å². The van der Waals surface area contributed by atoms with Gasteiger partial charge in [0.1, 0.15) is 0 Å². The van der Waals surface area contributed by atoms with Crippen LogP contribution in [0.1, 0.15) is 31.4 Å². The van der Waals surface area contributed by atoms with Gasteiger partial charge < -0.3 is 19.5 Å². The molecule has 1 unspecified atom stereocenters. The van der Waals surface area contributed by atoms with Crippen LogP contribution in [0.25, 0.3) is 0 Å². The maximum atomic E-state index is 5.41. The lowest BCUT2D eigenvalue weighted by Crippen LogP contribution is -2.36. The molecule has 98 valence electrons. The van der Waals surface area contributed by atoms with Crippen molar-refractivity contribution >= 4 is 0 Å². The van der Waals surface area contributed by atoms with Crippen molar-refractivity contribution in [1.82, 2.24) is 5.32 Å². The van der Waals surface area contributed by atoms with Crippen LogP contribution >= 0.6 is 0 Å².